The number of sulfonamides is 1. The molecule has 2 aliphatic carbocycles. The van der Waals surface area contributed by atoms with Crippen molar-refractivity contribution >= 4 is 39.9 Å². The van der Waals surface area contributed by atoms with Gasteiger partial charge in [0.2, 0.25) is 21.8 Å². The Morgan fingerprint density at radius 3 is 2.46 bits per heavy atom. The number of hydrogen-bond acceptors (Lipinski definition) is 11. The van der Waals surface area contributed by atoms with Crippen LogP contribution in [0.2, 0.25) is 0 Å². The van der Waals surface area contributed by atoms with E-state index in [2.05, 4.69) is 33.8 Å². The van der Waals surface area contributed by atoms with Crippen molar-refractivity contribution < 1.29 is 51.4 Å². The lowest BCUT2D eigenvalue weighted by atomic mass is 10.1. The van der Waals surface area contributed by atoms with Gasteiger partial charge in [-0.1, -0.05) is 24.8 Å². The number of aliphatic hydroxyl groups is 1. The Bertz CT molecular complexity index is 1750. The SMILES string of the molecule is C=CC(O)NC[C@H](NC(=O)OC(C)(C)C)C(=O)N1C[C@H](OC(=O)N2Cc3cccc(F)c3C2)C[C@H]1C(=O)N[C@]1(C(=O)NS(=O)(=O)C2CC2)C[C@H]1C=C. The van der Waals surface area contributed by atoms with E-state index in [-0.39, 0.29) is 39.0 Å². The molecule has 52 heavy (non-hydrogen) atoms. The van der Waals surface area contributed by atoms with Gasteiger partial charge in [0.15, 0.2) is 0 Å². The molecule has 1 aromatic carbocycles. The minimum absolute atomic E-state index is 0.0472. The van der Waals surface area contributed by atoms with Crippen LogP contribution < -0.4 is 20.7 Å². The van der Waals surface area contributed by atoms with Gasteiger partial charge in [0, 0.05) is 31.0 Å². The van der Waals surface area contributed by atoms with Gasteiger partial charge in [-0.15, -0.1) is 6.58 Å². The number of ether oxygens (including phenoxy) is 2. The average Bonchev–Trinajstić information content (AvgIpc) is 3.96. The van der Waals surface area contributed by atoms with E-state index in [1.165, 1.54) is 23.1 Å². The van der Waals surface area contributed by atoms with E-state index < -0.39 is 92.5 Å². The van der Waals surface area contributed by atoms with Crippen molar-refractivity contribution in [1.82, 2.24) is 30.5 Å². The molecule has 2 heterocycles. The van der Waals surface area contributed by atoms with Crippen molar-refractivity contribution in [3.63, 3.8) is 0 Å². The van der Waals surface area contributed by atoms with E-state index in [9.17, 15) is 41.9 Å². The molecule has 284 valence electrons. The number of aliphatic hydroxyl groups excluding tert-OH is 1. The van der Waals surface area contributed by atoms with Gasteiger partial charge < -0.3 is 30.1 Å². The molecule has 0 bridgehead atoms. The summed E-state index contributed by atoms with van der Waals surface area (Å²) in [4.78, 5) is 70.1. The Hall–Kier alpha value is -4.55. The minimum atomic E-state index is -3.97. The summed E-state index contributed by atoms with van der Waals surface area (Å²) in [5.74, 6) is -3.70. The molecule has 2 saturated carbocycles. The van der Waals surface area contributed by atoms with Crippen LogP contribution in [0.1, 0.15) is 57.6 Å². The molecular weight excluding hydrogens is 703 g/mol. The lowest BCUT2D eigenvalue weighted by molar-refractivity contribution is -0.141. The number of nitrogens with zero attached hydrogens (tertiary/aromatic N) is 2. The quantitative estimate of drug-likeness (QED) is 0.141. The van der Waals surface area contributed by atoms with Crippen LogP contribution in [0.3, 0.4) is 0 Å². The molecule has 3 fully saturated rings. The summed E-state index contributed by atoms with van der Waals surface area (Å²) < 4.78 is 52.7. The predicted octanol–water partition coefficient (Wildman–Crippen LogP) is 0.904. The van der Waals surface area contributed by atoms with E-state index in [0.29, 0.717) is 24.0 Å². The number of benzene rings is 1. The molecule has 16 nitrogen and oxygen atoms in total. The highest BCUT2D eigenvalue weighted by Crippen LogP contribution is 2.45. The number of carbonyl (C=O) groups excluding carboxylic acids is 5. The molecule has 5 N–H and O–H groups in total. The first kappa shape index (κ1) is 38.7. The molecule has 0 aromatic heterocycles. The van der Waals surface area contributed by atoms with Gasteiger partial charge >= 0.3 is 12.2 Å². The number of halogens is 1. The second-order valence-electron chi connectivity index (χ2n) is 14.5. The zero-order valence-electron chi connectivity index (χ0n) is 29.2. The number of alkyl carbamates (subject to hydrolysis) is 1. The van der Waals surface area contributed by atoms with Crippen LogP contribution in [0, 0.1) is 11.7 Å². The third-order valence-electron chi connectivity index (χ3n) is 9.29. The summed E-state index contributed by atoms with van der Waals surface area (Å²) in [7, 11) is -3.97. The summed E-state index contributed by atoms with van der Waals surface area (Å²) in [6.07, 6.45) is -0.936. The lowest BCUT2D eigenvalue weighted by Gasteiger charge is -2.30. The maximum atomic E-state index is 14.4. The molecule has 1 aromatic rings. The number of hydrogen-bond donors (Lipinski definition) is 5. The predicted molar refractivity (Wildman–Crippen MR) is 183 cm³/mol. The lowest BCUT2D eigenvalue weighted by Crippen LogP contribution is -2.60. The van der Waals surface area contributed by atoms with Crippen molar-refractivity contribution in [2.75, 3.05) is 13.1 Å². The van der Waals surface area contributed by atoms with E-state index in [1.807, 2.05) is 0 Å². The molecule has 1 unspecified atom stereocenters. The zero-order chi connectivity index (χ0) is 38.2. The van der Waals surface area contributed by atoms with Gasteiger partial charge in [0.05, 0.1) is 18.3 Å². The molecule has 2 aliphatic heterocycles. The van der Waals surface area contributed by atoms with Crippen molar-refractivity contribution in [2.24, 2.45) is 5.92 Å². The van der Waals surface area contributed by atoms with Gasteiger partial charge in [-0.3, -0.25) is 29.3 Å². The van der Waals surface area contributed by atoms with E-state index >= 15 is 0 Å². The van der Waals surface area contributed by atoms with Crippen molar-refractivity contribution in [1.29, 1.82) is 0 Å². The van der Waals surface area contributed by atoms with Crippen LogP contribution in [0.25, 0.3) is 0 Å². The number of carbonyl (C=O) groups is 5. The highest BCUT2D eigenvalue weighted by Gasteiger charge is 2.62. The summed E-state index contributed by atoms with van der Waals surface area (Å²) in [5.41, 5.74) is -1.65. The van der Waals surface area contributed by atoms with Crippen LogP contribution in [0.15, 0.2) is 43.5 Å². The van der Waals surface area contributed by atoms with Gasteiger partial charge in [-0.25, -0.2) is 22.4 Å². The largest absolute Gasteiger partial charge is 0.444 e. The van der Waals surface area contributed by atoms with Crippen LogP contribution in [-0.2, 0) is 47.0 Å². The minimum Gasteiger partial charge on any atom is -0.444 e. The Kier molecular flexibility index (Phi) is 11.0. The Morgan fingerprint density at radius 2 is 1.87 bits per heavy atom. The molecule has 0 spiro atoms. The van der Waals surface area contributed by atoms with Crippen LogP contribution in [0.4, 0.5) is 14.0 Å². The molecule has 4 aliphatic rings. The molecule has 5 rings (SSSR count). The Labute approximate surface area is 301 Å². The molecule has 1 saturated heterocycles. The number of nitrogens with one attached hydrogen (secondary N) is 4. The fourth-order valence-electron chi connectivity index (χ4n) is 6.29. The normalized spacial score (nSPS) is 24.9. The van der Waals surface area contributed by atoms with Gasteiger partial charge in [0.25, 0.3) is 5.91 Å². The second kappa shape index (κ2) is 14.8. The highest BCUT2D eigenvalue weighted by molar-refractivity contribution is 7.91. The van der Waals surface area contributed by atoms with E-state index in [1.54, 1.807) is 26.8 Å². The number of fused-ring (bicyclic) bond motifs is 1. The highest BCUT2D eigenvalue weighted by atomic mass is 32.2. The van der Waals surface area contributed by atoms with Crippen LogP contribution >= 0.6 is 0 Å². The third-order valence-corrected chi connectivity index (χ3v) is 11.1. The Morgan fingerprint density at radius 1 is 1.15 bits per heavy atom. The maximum Gasteiger partial charge on any atom is 0.410 e. The first-order valence-electron chi connectivity index (χ1n) is 16.9. The van der Waals surface area contributed by atoms with Gasteiger partial charge in [-0.05, 0) is 57.7 Å². The molecule has 6 atom stereocenters. The third kappa shape index (κ3) is 8.73. The fraction of sp³-hybridized carbons (Fsp3) is 0.559. The number of amides is 5. The molecule has 0 radical (unpaired) electrons. The molecular formula is C34H45FN6O10S. The average molecular weight is 749 g/mol. The van der Waals surface area contributed by atoms with Crippen molar-refractivity contribution in [3.05, 3.63) is 60.5 Å². The summed E-state index contributed by atoms with van der Waals surface area (Å²) in [5, 5.41) is 17.1. The van der Waals surface area contributed by atoms with E-state index in [4.69, 9.17) is 9.47 Å². The molecule has 18 heteroatoms. The smallest absolute Gasteiger partial charge is 0.410 e. The zero-order valence-corrected chi connectivity index (χ0v) is 30.0. The fourth-order valence-corrected chi connectivity index (χ4v) is 7.66. The Balaban J connectivity index is 1.38. The van der Waals surface area contributed by atoms with Crippen molar-refractivity contribution in [2.45, 2.75) is 100 Å². The molecule has 5 amide bonds. The summed E-state index contributed by atoms with van der Waals surface area (Å²) in [6.45, 7) is 11.4. The monoisotopic (exact) mass is 748 g/mol. The van der Waals surface area contributed by atoms with Crippen molar-refractivity contribution in [3.8, 4) is 0 Å². The topological polar surface area (TPSA) is 213 Å². The number of rotatable bonds is 13. The summed E-state index contributed by atoms with van der Waals surface area (Å²) in [6, 6.07) is 1.71. The first-order chi connectivity index (χ1) is 24.4. The van der Waals surface area contributed by atoms with Crippen LogP contribution in [0.5, 0.6) is 0 Å². The first-order valence-corrected chi connectivity index (χ1v) is 18.5. The van der Waals surface area contributed by atoms with E-state index in [0.717, 1.165) is 11.0 Å². The summed E-state index contributed by atoms with van der Waals surface area (Å²) >= 11 is 0. The number of likely N-dealkylation sites (tertiary alicyclic amines) is 1. The second-order valence-corrected chi connectivity index (χ2v) is 16.4. The van der Waals surface area contributed by atoms with Gasteiger partial charge in [0.1, 0.15) is 41.4 Å². The standard InChI is InChI=1S/C34H45FN6O10S/c1-6-20-14-34(20,30(45)39-52(48,49)22-11-12-22)38-28(43)26-13-21(50-32(47)40-16-19-9-8-10-24(35)23(19)18-40)17-41(26)29(44)25(15-36-27(42)7-2)37-31(46)51-33(3,4)5/h6-10,20-22,25-27,36,42H,1-2,11-18H2,3-5H3,(H,37,46)(H,38,43)(H,39,45)/t20-,21-,25+,26+,27?,34-/m1/s1. The van der Waals surface area contributed by atoms with Gasteiger partial charge in [-0.2, -0.15) is 0 Å². The maximum absolute atomic E-state index is 14.4. The van der Waals surface area contributed by atoms with Crippen LogP contribution in [-0.4, -0.2) is 107 Å².